The van der Waals surface area contributed by atoms with Crippen LogP contribution in [0.1, 0.15) is 24.2 Å². The van der Waals surface area contributed by atoms with Crippen molar-refractivity contribution in [2.75, 3.05) is 11.9 Å². The molecule has 1 aliphatic rings. The quantitative estimate of drug-likeness (QED) is 0.697. The maximum absolute atomic E-state index is 13.4. The summed E-state index contributed by atoms with van der Waals surface area (Å²) < 4.78 is 33.9. The van der Waals surface area contributed by atoms with Crippen LogP contribution in [0.3, 0.4) is 0 Å². The molecule has 1 heterocycles. The maximum atomic E-state index is 13.4. The molecule has 0 bridgehead atoms. The second-order valence-electron chi connectivity index (χ2n) is 6.58. The molecule has 0 saturated heterocycles. The molecule has 1 N–H and O–H groups in total. The highest BCUT2D eigenvalue weighted by molar-refractivity contribution is 7.89. The molecule has 3 aromatic rings. The molecule has 0 radical (unpaired) electrons. The first-order valence-corrected chi connectivity index (χ1v) is 10.7. The second kappa shape index (κ2) is 7.66. The summed E-state index contributed by atoms with van der Waals surface area (Å²) >= 11 is 0. The Morgan fingerprint density at radius 2 is 1.61 bits per heavy atom. The Labute approximate surface area is 165 Å². The molecule has 0 aromatic heterocycles. The van der Waals surface area contributed by atoms with Crippen molar-refractivity contribution in [3.8, 4) is 5.75 Å². The van der Waals surface area contributed by atoms with Gasteiger partial charge >= 0.3 is 0 Å². The molecule has 5 nitrogen and oxygen atoms in total. The first-order chi connectivity index (χ1) is 13.6. The van der Waals surface area contributed by atoms with Crippen molar-refractivity contribution in [1.82, 2.24) is 4.31 Å². The molecular formula is C22H22N2O3S. The van der Waals surface area contributed by atoms with E-state index in [9.17, 15) is 8.42 Å². The van der Waals surface area contributed by atoms with Gasteiger partial charge < -0.3 is 10.1 Å². The number of fused-ring (bicyclic) bond motifs is 1. The van der Waals surface area contributed by atoms with E-state index in [0.29, 0.717) is 17.2 Å². The molecule has 0 saturated carbocycles. The molecule has 1 aliphatic heterocycles. The molecule has 6 heteroatoms. The maximum Gasteiger partial charge on any atom is 0.247 e. The third kappa shape index (κ3) is 3.48. The molecule has 4 rings (SSSR count). The van der Waals surface area contributed by atoms with Crippen LogP contribution in [0.4, 0.5) is 5.69 Å². The number of nitrogens with zero attached hydrogens (tertiary/aromatic N) is 1. The van der Waals surface area contributed by atoms with E-state index in [4.69, 9.17) is 4.74 Å². The zero-order valence-corrected chi connectivity index (χ0v) is 16.4. The number of hydrogen-bond donors (Lipinski definition) is 1. The van der Waals surface area contributed by atoms with Gasteiger partial charge in [0, 0.05) is 6.54 Å². The number of rotatable bonds is 5. The molecule has 1 atom stereocenters. The van der Waals surface area contributed by atoms with Crippen molar-refractivity contribution in [2.45, 2.75) is 24.5 Å². The minimum Gasteiger partial charge on any atom is -0.494 e. The molecule has 0 spiro atoms. The molecule has 0 aliphatic carbocycles. The topological polar surface area (TPSA) is 58.6 Å². The summed E-state index contributed by atoms with van der Waals surface area (Å²) in [6, 6.07) is 24.2. The Kier molecular flexibility index (Phi) is 5.07. The number of anilines is 1. The van der Waals surface area contributed by atoms with E-state index in [1.165, 1.54) is 4.31 Å². The number of nitrogens with one attached hydrogen (secondary N) is 1. The van der Waals surface area contributed by atoms with Crippen molar-refractivity contribution >= 4 is 15.7 Å². The summed E-state index contributed by atoms with van der Waals surface area (Å²) in [5.41, 5.74) is 2.41. The van der Waals surface area contributed by atoms with Crippen molar-refractivity contribution in [1.29, 1.82) is 0 Å². The number of para-hydroxylation sites is 1. The molecule has 0 unspecified atom stereocenters. The summed E-state index contributed by atoms with van der Waals surface area (Å²) in [7, 11) is -3.66. The minimum absolute atomic E-state index is 0.280. The number of benzene rings is 3. The first-order valence-electron chi connectivity index (χ1n) is 9.23. The Bertz CT molecular complexity index is 1050. The highest BCUT2D eigenvalue weighted by atomic mass is 32.2. The lowest BCUT2D eigenvalue weighted by Gasteiger charge is -2.37. The fourth-order valence-corrected chi connectivity index (χ4v) is 5.08. The molecular weight excluding hydrogens is 372 g/mol. The molecule has 3 aromatic carbocycles. The van der Waals surface area contributed by atoms with Gasteiger partial charge in [-0.15, -0.1) is 0 Å². The second-order valence-corrected chi connectivity index (χ2v) is 8.44. The average molecular weight is 394 g/mol. The van der Waals surface area contributed by atoms with Gasteiger partial charge in [0.25, 0.3) is 0 Å². The molecule has 28 heavy (non-hydrogen) atoms. The zero-order valence-electron chi connectivity index (χ0n) is 15.6. The lowest BCUT2D eigenvalue weighted by Crippen LogP contribution is -2.42. The Balaban J connectivity index is 1.77. The van der Waals surface area contributed by atoms with E-state index >= 15 is 0 Å². The van der Waals surface area contributed by atoms with Gasteiger partial charge in [0.1, 0.15) is 16.8 Å². The summed E-state index contributed by atoms with van der Waals surface area (Å²) in [6.45, 7) is 2.80. The van der Waals surface area contributed by atoms with E-state index < -0.39 is 16.2 Å². The predicted octanol–water partition coefficient (Wildman–Crippen LogP) is 4.40. The van der Waals surface area contributed by atoms with Crippen LogP contribution < -0.4 is 10.1 Å². The van der Waals surface area contributed by atoms with Gasteiger partial charge in [-0.1, -0.05) is 54.6 Å². The van der Waals surface area contributed by atoms with Crippen molar-refractivity contribution in [3.63, 3.8) is 0 Å². The van der Waals surface area contributed by atoms with Gasteiger partial charge in [-0.05, 0) is 42.3 Å². The van der Waals surface area contributed by atoms with Crippen molar-refractivity contribution in [2.24, 2.45) is 0 Å². The molecule has 0 amide bonds. The normalized spacial score (nSPS) is 18.1. The Hall–Kier alpha value is -2.83. The third-order valence-corrected chi connectivity index (χ3v) is 6.61. The highest BCUT2D eigenvalue weighted by Crippen LogP contribution is 2.39. The number of sulfonamides is 1. The van der Waals surface area contributed by atoms with Crippen LogP contribution in [0, 0.1) is 0 Å². The summed E-state index contributed by atoms with van der Waals surface area (Å²) in [6.07, 6.45) is -0.504. The van der Waals surface area contributed by atoms with Gasteiger partial charge in [-0.3, -0.25) is 0 Å². The Morgan fingerprint density at radius 3 is 2.32 bits per heavy atom. The average Bonchev–Trinajstić information content (AvgIpc) is 2.72. The van der Waals surface area contributed by atoms with Crippen LogP contribution in [0.5, 0.6) is 5.75 Å². The number of hydrogen-bond acceptors (Lipinski definition) is 4. The van der Waals surface area contributed by atoms with Crippen LogP contribution in [0.25, 0.3) is 0 Å². The van der Waals surface area contributed by atoms with Crippen LogP contribution in [-0.2, 0) is 16.6 Å². The monoisotopic (exact) mass is 394 g/mol. The predicted molar refractivity (Wildman–Crippen MR) is 110 cm³/mol. The lowest BCUT2D eigenvalue weighted by molar-refractivity contribution is 0.332. The van der Waals surface area contributed by atoms with Crippen molar-refractivity contribution < 1.29 is 13.2 Å². The van der Waals surface area contributed by atoms with Crippen LogP contribution >= 0.6 is 0 Å². The fourth-order valence-electron chi connectivity index (χ4n) is 3.40. The Morgan fingerprint density at radius 1 is 0.929 bits per heavy atom. The zero-order chi connectivity index (χ0) is 19.6. The van der Waals surface area contributed by atoms with E-state index in [0.717, 1.165) is 16.9 Å². The van der Waals surface area contributed by atoms with E-state index in [-0.39, 0.29) is 6.54 Å². The molecule has 144 valence electrons. The standard InChI is InChI=1S/C22H22N2O3S/c1-2-27-19-14-12-18(13-15-19)22-23-20-10-6-7-11-21(20)28(25,26)24(22)16-17-8-4-3-5-9-17/h3-15,22-23H,2,16H2,1H3/t22-/m0/s1. The van der Waals surface area contributed by atoms with E-state index in [1.54, 1.807) is 18.2 Å². The van der Waals surface area contributed by atoms with Gasteiger partial charge in [-0.2, -0.15) is 4.31 Å². The third-order valence-electron chi connectivity index (χ3n) is 4.74. The van der Waals surface area contributed by atoms with Gasteiger partial charge in [0.2, 0.25) is 10.0 Å². The van der Waals surface area contributed by atoms with Crippen LogP contribution in [0.15, 0.2) is 83.8 Å². The van der Waals surface area contributed by atoms with E-state index in [1.807, 2.05) is 67.6 Å². The van der Waals surface area contributed by atoms with Gasteiger partial charge in [0.15, 0.2) is 0 Å². The van der Waals surface area contributed by atoms with Gasteiger partial charge in [0.05, 0.1) is 12.3 Å². The molecule has 0 fully saturated rings. The minimum atomic E-state index is -3.66. The van der Waals surface area contributed by atoms with Gasteiger partial charge in [-0.25, -0.2) is 8.42 Å². The van der Waals surface area contributed by atoms with Crippen LogP contribution in [-0.4, -0.2) is 19.3 Å². The fraction of sp³-hybridized carbons (Fsp3) is 0.182. The van der Waals surface area contributed by atoms with E-state index in [2.05, 4.69) is 5.32 Å². The van der Waals surface area contributed by atoms with Crippen LogP contribution in [0.2, 0.25) is 0 Å². The lowest BCUT2D eigenvalue weighted by atomic mass is 10.1. The summed E-state index contributed by atoms with van der Waals surface area (Å²) in [4.78, 5) is 0.299. The SMILES string of the molecule is CCOc1ccc([C@H]2Nc3ccccc3S(=O)(=O)N2Cc2ccccc2)cc1. The number of ether oxygens (including phenoxy) is 1. The van der Waals surface area contributed by atoms with Crippen molar-refractivity contribution in [3.05, 3.63) is 90.0 Å². The largest absolute Gasteiger partial charge is 0.494 e. The first kappa shape index (κ1) is 18.5. The summed E-state index contributed by atoms with van der Waals surface area (Å²) in [5, 5.41) is 3.40. The summed E-state index contributed by atoms with van der Waals surface area (Å²) in [5.74, 6) is 0.764. The smallest absolute Gasteiger partial charge is 0.247 e. The highest BCUT2D eigenvalue weighted by Gasteiger charge is 2.38.